The summed E-state index contributed by atoms with van der Waals surface area (Å²) < 4.78 is 5.47. The van der Waals surface area contributed by atoms with Crippen molar-refractivity contribution >= 4 is 17.2 Å². The number of anilines is 3. The Balaban J connectivity index is 2.30. The van der Waals surface area contributed by atoms with Gasteiger partial charge < -0.3 is 15.8 Å². The Morgan fingerprint density at radius 1 is 1.38 bits per heavy atom. The van der Waals surface area contributed by atoms with Crippen molar-refractivity contribution in [3.05, 3.63) is 35.7 Å². The van der Waals surface area contributed by atoms with Gasteiger partial charge in [0.25, 0.3) is 0 Å². The summed E-state index contributed by atoms with van der Waals surface area (Å²) in [7, 11) is 0. The van der Waals surface area contributed by atoms with Crippen LogP contribution in [0.5, 0.6) is 5.88 Å². The van der Waals surface area contributed by atoms with Crippen molar-refractivity contribution in [2.24, 2.45) is 0 Å². The van der Waals surface area contributed by atoms with Crippen LogP contribution in [-0.2, 0) is 0 Å². The minimum atomic E-state index is 0.354. The van der Waals surface area contributed by atoms with Gasteiger partial charge in [-0.3, -0.25) is 0 Å². The number of aryl methyl sites for hydroxylation is 1. The van der Waals surface area contributed by atoms with Crippen LogP contribution in [0.25, 0.3) is 0 Å². The monoisotopic (exact) mass is 283 g/mol. The predicted molar refractivity (Wildman–Crippen MR) is 81.4 cm³/mol. The first kappa shape index (κ1) is 14.6. The van der Waals surface area contributed by atoms with Crippen LogP contribution in [0.1, 0.15) is 24.5 Å². The molecule has 0 aliphatic carbocycles. The highest BCUT2D eigenvalue weighted by atomic mass is 16.5. The number of hydrogen-bond acceptors (Lipinski definition) is 6. The van der Waals surface area contributed by atoms with Crippen molar-refractivity contribution in [2.75, 3.05) is 17.7 Å². The molecule has 0 saturated carbocycles. The molecule has 0 unspecified atom stereocenters. The van der Waals surface area contributed by atoms with E-state index in [4.69, 9.17) is 15.7 Å². The molecule has 1 heterocycles. The summed E-state index contributed by atoms with van der Waals surface area (Å²) in [6.07, 6.45) is 2.27. The van der Waals surface area contributed by atoms with E-state index in [0.29, 0.717) is 29.6 Å². The molecule has 6 heteroatoms. The fourth-order valence-corrected chi connectivity index (χ4v) is 1.75. The fraction of sp³-hybridized carbons (Fsp3) is 0.267. The first-order valence-electron chi connectivity index (χ1n) is 6.66. The van der Waals surface area contributed by atoms with Crippen molar-refractivity contribution < 1.29 is 4.74 Å². The Labute approximate surface area is 123 Å². The van der Waals surface area contributed by atoms with Crippen molar-refractivity contribution in [3.63, 3.8) is 0 Å². The summed E-state index contributed by atoms with van der Waals surface area (Å²) >= 11 is 0. The van der Waals surface area contributed by atoms with E-state index in [0.717, 1.165) is 17.7 Å². The molecule has 0 fully saturated rings. The lowest BCUT2D eigenvalue weighted by molar-refractivity contribution is 0.307. The van der Waals surface area contributed by atoms with Crippen molar-refractivity contribution in [1.29, 1.82) is 5.26 Å². The second kappa shape index (κ2) is 6.57. The van der Waals surface area contributed by atoms with E-state index in [1.54, 1.807) is 12.1 Å². The van der Waals surface area contributed by atoms with Gasteiger partial charge in [-0.05, 0) is 31.0 Å². The van der Waals surface area contributed by atoms with E-state index in [9.17, 15) is 0 Å². The maximum atomic E-state index is 8.97. The zero-order valence-corrected chi connectivity index (χ0v) is 12.1. The van der Waals surface area contributed by atoms with Crippen LogP contribution in [0.3, 0.4) is 0 Å². The summed E-state index contributed by atoms with van der Waals surface area (Å²) in [6.45, 7) is 4.49. The molecule has 2 aromatic rings. The SMILES string of the molecule is CCCOc1ncnc(Nc2cc(C#N)ccc2C)c1N. The highest BCUT2D eigenvalue weighted by Crippen LogP contribution is 2.29. The average molecular weight is 283 g/mol. The van der Waals surface area contributed by atoms with E-state index < -0.39 is 0 Å². The molecule has 0 aliphatic heterocycles. The number of benzene rings is 1. The highest BCUT2D eigenvalue weighted by Gasteiger charge is 2.10. The molecule has 1 aromatic carbocycles. The quantitative estimate of drug-likeness (QED) is 0.875. The molecule has 21 heavy (non-hydrogen) atoms. The topological polar surface area (TPSA) is 96.9 Å². The molecule has 0 radical (unpaired) electrons. The molecule has 108 valence electrons. The van der Waals surface area contributed by atoms with Gasteiger partial charge in [0, 0.05) is 5.69 Å². The number of nitrogens with zero attached hydrogens (tertiary/aromatic N) is 3. The van der Waals surface area contributed by atoms with E-state index in [2.05, 4.69) is 21.4 Å². The normalized spacial score (nSPS) is 9.95. The summed E-state index contributed by atoms with van der Waals surface area (Å²) in [4.78, 5) is 8.15. The van der Waals surface area contributed by atoms with E-state index >= 15 is 0 Å². The average Bonchev–Trinajstić information content (AvgIpc) is 2.50. The van der Waals surface area contributed by atoms with Crippen molar-refractivity contribution in [3.8, 4) is 11.9 Å². The molecule has 0 spiro atoms. The molecule has 0 bridgehead atoms. The lowest BCUT2D eigenvalue weighted by Crippen LogP contribution is -2.06. The van der Waals surface area contributed by atoms with Crippen LogP contribution < -0.4 is 15.8 Å². The zero-order valence-electron chi connectivity index (χ0n) is 12.1. The first-order valence-corrected chi connectivity index (χ1v) is 6.66. The predicted octanol–water partition coefficient (Wildman–Crippen LogP) is 2.77. The number of rotatable bonds is 5. The molecule has 0 amide bonds. The summed E-state index contributed by atoms with van der Waals surface area (Å²) in [6, 6.07) is 7.49. The third kappa shape index (κ3) is 3.39. The van der Waals surface area contributed by atoms with Crippen LogP contribution in [0.4, 0.5) is 17.2 Å². The minimum absolute atomic E-state index is 0.354. The highest BCUT2D eigenvalue weighted by molar-refractivity contribution is 5.73. The number of nitrogen functional groups attached to an aromatic ring is 1. The maximum absolute atomic E-state index is 8.97. The van der Waals surface area contributed by atoms with E-state index in [1.807, 2.05) is 19.9 Å². The number of nitriles is 1. The van der Waals surface area contributed by atoms with E-state index in [-0.39, 0.29) is 0 Å². The van der Waals surface area contributed by atoms with Crippen LogP contribution in [0, 0.1) is 18.3 Å². The largest absolute Gasteiger partial charge is 0.476 e. The van der Waals surface area contributed by atoms with Crippen LogP contribution >= 0.6 is 0 Å². The van der Waals surface area contributed by atoms with Gasteiger partial charge >= 0.3 is 0 Å². The summed E-state index contributed by atoms with van der Waals surface area (Å²) in [5, 5.41) is 12.1. The van der Waals surface area contributed by atoms with Crippen molar-refractivity contribution in [2.45, 2.75) is 20.3 Å². The van der Waals surface area contributed by atoms with Gasteiger partial charge in [0.05, 0.1) is 18.2 Å². The van der Waals surface area contributed by atoms with Crippen LogP contribution in [0.15, 0.2) is 24.5 Å². The Bertz CT molecular complexity index is 678. The molecular weight excluding hydrogens is 266 g/mol. The Hall–Kier alpha value is -2.81. The number of hydrogen-bond donors (Lipinski definition) is 2. The first-order chi connectivity index (χ1) is 10.2. The molecule has 3 N–H and O–H groups in total. The lowest BCUT2D eigenvalue weighted by atomic mass is 10.1. The molecule has 0 atom stereocenters. The molecule has 1 aromatic heterocycles. The smallest absolute Gasteiger partial charge is 0.242 e. The van der Waals surface area contributed by atoms with Gasteiger partial charge in [-0.2, -0.15) is 10.2 Å². The number of nitrogens with two attached hydrogens (primary N) is 1. The maximum Gasteiger partial charge on any atom is 0.242 e. The molecular formula is C15H17N5O. The van der Waals surface area contributed by atoms with Gasteiger partial charge in [0.15, 0.2) is 5.82 Å². The van der Waals surface area contributed by atoms with Gasteiger partial charge in [0.2, 0.25) is 5.88 Å². The summed E-state index contributed by atoms with van der Waals surface area (Å²) in [5.74, 6) is 0.831. The van der Waals surface area contributed by atoms with Gasteiger partial charge in [-0.1, -0.05) is 13.0 Å². The standard InChI is InChI=1S/C15H17N5O/c1-3-6-21-15-13(17)14(18-9-19-15)20-12-7-11(8-16)5-4-10(12)2/h4-5,7,9H,3,6,17H2,1-2H3,(H,18,19,20). The Morgan fingerprint density at radius 3 is 2.90 bits per heavy atom. The van der Waals surface area contributed by atoms with Gasteiger partial charge in [-0.15, -0.1) is 0 Å². The Kier molecular flexibility index (Phi) is 4.57. The van der Waals surface area contributed by atoms with Gasteiger partial charge in [-0.25, -0.2) is 4.98 Å². The minimum Gasteiger partial charge on any atom is -0.476 e. The number of aromatic nitrogens is 2. The lowest BCUT2D eigenvalue weighted by Gasteiger charge is -2.13. The second-order valence-corrected chi connectivity index (χ2v) is 4.56. The summed E-state index contributed by atoms with van der Waals surface area (Å²) in [5.41, 5.74) is 8.70. The fourth-order valence-electron chi connectivity index (χ4n) is 1.75. The van der Waals surface area contributed by atoms with Crippen LogP contribution in [-0.4, -0.2) is 16.6 Å². The van der Waals surface area contributed by atoms with Crippen molar-refractivity contribution in [1.82, 2.24) is 9.97 Å². The number of nitrogens with one attached hydrogen (secondary N) is 1. The second-order valence-electron chi connectivity index (χ2n) is 4.56. The third-order valence-electron chi connectivity index (χ3n) is 2.91. The van der Waals surface area contributed by atoms with Crippen LogP contribution in [0.2, 0.25) is 0 Å². The van der Waals surface area contributed by atoms with Gasteiger partial charge in [0.1, 0.15) is 12.0 Å². The zero-order chi connectivity index (χ0) is 15.2. The number of ether oxygens (including phenoxy) is 1. The molecule has 6 nitrogen and oxygen atoms in total. The molecule has 2 rings (SSSR count). The third-order valence-corrected chi connectivity index (χ3v) is 2.91. The molecule has 0 aliphatic rings. The molecule has 0 saturated heterocycles. The van der Waals surface area contributed by atoms with E-state index in [1.165, 1.54) is 6.33 Å². The Morgan fingerprint density at radius 2 is 2.19 bits per heavy atom.